The number of hydrogen-bond donors (Lipinski definition) is 3. The maximum absolute atomic E-state index is 13.0. The van der Waals surface area contributed by atoms with Crippen molar-refractivity contribution in [3.05, 3.63) is 77.9 Å². The Morgan fingerprint density at radius 3 is 2.67 bits per heavy atom. The molecule has 2 heterocycles. The van der Waals surface area contributed by atoms with Crippen molar-refractivity contribution in [1.82, 2.24) is 15.5 Å². The molecule has 4 rings (SSSR count). The van der Waals surface area contributed by atoms with E-state index in [4.69, 9.17) is 4.74 Å². The predicted molar refractivity (Wildman–Crippen MR) is 131 cm³/mol. The third kappa shape index (κ3) is 6.01. The van der Waals surface area contributed by atoms with E-state index in [0.717, 1.165) is 16.0 Å². The quantitative estimate of drug-likeness (QED) is 0.566. The third-order valence-electron chi connectivity index (χ3n) is 6.08. The second kappa shape index (κ2) is 11.4. The molecule has 0 spiro atoms. The Hall–Kier alpha value is -4.34. The van der Waals surface area contributed by atoms with Gasteiger partial charge < -0.3 is 20.5 Å². The number of rotatable bonds is 3. The van der Waals surface area contributed by atoms with Crippen molar-refractivity contribution in [1.29, 1.82) is 0 Å². The molecule has 0 radical (unpaired) electrons. The van der Waals surface area contributed by atoms with Crippen molar-refractivity contribution in [3.63, 3.8) is 0 Å². The van der Waals surface area contributed by atoms with Crippen molar-refractivity contribution in [3.8, 4) is 0 Å². The van der Waals surface area contributed by atoms with Crippen LogP contribution in [0.3, 0.4) is 0 Å². The smallest absolute Gasteiger partial charge is 0.407 e. The summed E-state index contributed by atoms with van der Waals surface area (Å²) in [6, 6.07) is 14.9. The fraction of sp³-hybridized carbons (Fsp3) is 0.308. The summed E-state index contributed by atoms with van der Waals surface area (Å²) in [6.07, 6.45) is 3.00. The number of ether oxygens (including phenoxy) is 1. The summed E-state index contributed by atoms with van der Waals surface area (Å²) in [5.41, 5.74) is 2.04. The minimum absolute atomic E-state index is 0.132. The zero-order chi connectivity index (χ0) is 25.5. The molecule has 1 saturated heterocycles. The topological polar surface area (TPSA) is 128 Å². The van der Waals surface area contributed by atoms with E-state index in [1.54, 1.807) is 18.2 Å². The van der Waals surface area contributed by atoms with Crippen LogP contribution < -0.4 is 15.5 Å². The van der Waals surface area contributed by atoms with Crippen molar-refractivity contribution in [2.75, 3.05) is 24.5 Å². The van der Waals surface area contributed by atoms with Gasteiger partial charge in [-0.25, -0.2) is 9.59 Å². The predicted octanol–water partition coefficient (Wildman–Crippen LogP) is 2.82. The van der Waals surface area contributed by atoms with E-state index in [1.807, 2.05) is 48.6 Å². The molecule has 3 N–H and O–H groups in total. The van der Waals surface area contributed by atoms with Gasteiger partial charge in [-0.15, -0.1) is 0 Å². The first-order valence-corrected chi connectivity index (χ1v) is 11.7. The number of carbonyl (C=O) groups is 4. The summed E-state index contributed by atoms with van der Waals surface area (Å²) in [4.78, 5) is 52.3. The molecule has 2 aromatic rings. The summed E-state index contributed by atoms with van der Waals surface area (Å²) in [7, 11) is 0. The van der Waals surface area contributed by atoms with Crippen molar-refractivity contribution < 1.29 is 29.0 Å². The normalized spacial score (nSPS) is 20.2. The number of nitrogens with zero attached hydrogens (tertiary/aromatic N) is 2. The summed E-state index contributed by atoms with van der Waals surface area (Å²) >= 11 is 0. The molecule has 0 unspecified atom stereocenters. The minimum atomic E-state index is -1.26. The number of amides is 4. The molecule has 2 bridgehead atoms. The highest BCUT2D eigenvalue weighted by atomic mass is 16.5. The number of benzene rings is 2. The average Bonchev–Trinajstić information content (AvgIpc) is 2.88. The lowest BCUT2D eigenvalue weighted by atomic mass is 10.0. The lowest BCUT2D eigenvalue weighted by molar-refractivity contribution is -0.129. The van der Waals surface area contributed by atoms with Crippen molar-refractivity contribution in [2.45, 2.75) is 31.5 Å². The van der Waals surface area contributed by atoms with Gasteiger partial charge in [0, 0.05) is 12.2 Å². The lowest BCUT2D eigenvalue weighted by Crippen LogP contribution is -2.62. The van der Waals surface area contributed by atoms with E-state index in [0.29, 0.717) is 25.1 Å². The molecule has 2 atom stereocenters. The minimum Gasteiger partial charge on any atom is -0.465 e. The number of piperazine rings is 1. The Morgan fingerprint density at radius 2 is 1.89 bits per heavy atom. The van der Waals surface area contributed by atoms with Gasteiger partial charge in [0.2, 0.25) is 11.8 Å². The van der Waals surface area contributed by atoms with E-state index < -0.39 is 36.1 Å². The SMILES string of the molecule is O=C(N[C@H]1CC=CCCNC(=O)[C@H]2CN(C(=O)O)CC(=O)N2c2cccc1c2)OCc1ccccc1. The van der Waals surface area contributed by atoms with E-state index in [1.165, 1.54) is 4.90 Å². The molecular weight excluding hydrogens is 464 g/mol. The van der Waals surface area contributed by atoms with Gasteiger partial charge in [-0.1, -0.05) is 54.6 Å². The van der Waals surface area contributed by atoms with E-state index in [2.05, 4.69) is 10.6 Å². The van der Waals surface area contributed by atoms with Gasteiger partial charge in [-0.2, -0.15) is 0 Å². The fourth-order valence-corrected chi connectivity index (χ4v) is 4.26. The first kappa shape index (κ1) is 24.8. The first-order valence-electron chi connectivity index (χ1n) is 11.7. The lowest BCUT2D eigenvalue weighted by Gasteiger charge is -2.39. The molecule has 0 aliphatic carbocycles. The van der Waals surface area contributed by atoms with Crippen LogP contribution in [0, 0.1) is 0 Å². The van der Waals surface area contributed by atoms with Crippen LogP contribution in [-0.2, 0) is 20.9 Å². The van der Waals surface area contributed by atoms with Crippen LogP contribution in [0.2, 0.25) is 0 Å². The molecule has 10 nitrogen and oxygen atoms in total. The van der Waals surface area contributed by atoms with Crippen molar-refractivity contribution >= 4 is 29.7 Å². The summed E-state index contributed by atoms with van der Waals surface area (Å²) < 4.78 is 5.39. The monoisotopic (exact) mass is 492 g/mol. The zero-order valence-electron chi connectivity index (χ0n) is 19.6. The van der Waals surface area contributed by atoms with E-state index >= 15 is 0 Å². The van der Waals surface area contributed by atoms with Gasteiger partial charge in [0.25, 0.3) is 0 Å². The van der Waals surface area contributed by atoms with Crippen LogP contribution in [0.1, 0.15) is 30.0 Å². The molecule has 1 fully saturated rings. The van der Waals surface area contributed by atoms with Crippen molar-refractivity contribution in [2.24, 2.45) is 0 Å². The number of nitrogens with one attached hydrogen (secondary N) is 2. The molecule has 188 valence electrons. The van der Waals surface area contributed by atoms with Gasteiger partial charge in [-0.05, 0) is 36.1 Å². The average molecular weight is 493 g/mol. The van der Waals surface area contributed by atoms with Gasteiger partial charge in [0.1, 0.15) is 19.2 Å². The number of alkyl carbamates (subject to hydrolysis) is 1. The molecule has 0 aromatic heterocycles. The van der Waals surface area contributed by atoms with Crippen LogP contribution >= 0.6 is 0 Å². The van der Waals surface area contributed by atoms with Gasteiger partial charge in [-0.3, -0.25) is 19.4 Å². The summed E-state index contributed by atoms with van der Waals surface area (Å²) in [5, 5.41) is 15.1. The highest BCUT2D eigenvalue weighted by molar-refractivity contribution is 6.04. The molecule has 10 heteroatoms. The van der Waals surface area contributed by atoms with E-state index in [-0.39, 0.29) is 19.7 Å². The number of fused-ring (bicyclic) bond motifs is 4. The van der Waals surface area contributed by atoms with Crippen LogP contribution in [-0.4, -0.2) is 59.7 Å². The number of hydrogen-bond acceptors (Lipinski definition) is 5. The second-order valence-corrected chi connectivity index (χ2v) is 8.58. The van der Waals surface area contributed by atoms with Crippen LogP contribution in [0.4, 0.5) is 15.3 Å². The molecule has 0 saturated carbocycles. The van der Waals surface area contributed by atoms with E-state index in [9.17, 15) is 24.3 Å². The third-order valence-corrected chi connectivity index (χ3v) is 6.08. The molecular formula is C26H28N4O6. The standard InChI is InChI=1S/C26H28N4O6/c31-23-16-29(26(34)35)15-22-24(32)27-13-6-2-5-12-21(19-10-7-11-20(14-19)30(22)23)28-25(33)36-17-18-8-3-1-4-9-18/h1-5,7-11,14,21-22H,6,12-13,15-17H2,(H,27,32)(H,28,33)(H,34,35)/t21-,22+/m0/s1. The Morgan fingerprint density at radius 1 is 1.08 bits per heavy atom. The van der Waals surface area contributed by atoms with Gasteiger partial charge in [0.15, 0.2) is 0 Å². The number of carbonyl (C=O) groups excluding carboxylic acids is 3. The Balaban J connectivity index is 1.59. The fourth-order valence-electron chi connectivity index (χ4n) is 4.26. The second-order valence-electron chi connectivity index (χ2n) is 8.58. The highest BCUT2D eigenvalue weighted by Gasteiger charge is 2.39. The molecule has 2 aliphatic rings. The Bertz CT molecular complexity index is 1150. The highest BCUT2D eigenvalue weighted by Crippen LogP contribution is 2.27. The maximum Gasteiger partial charge on any atom is 0.407 e. The maximum atomic E-state index is 13.0. The Kier molecular flexibility index (Phi) is 7.84. The zero-order valence-corrected chi connectivity index (χ0v) is 19.6. The van der Waals surface area contributed by atoms with Crippen LogP contribution in [0.5, 0.6) is 0 Å². The largest absolute Gasteiger partial charge is 0.465 e. The van der Waals surface area contributed by atoms with Crippen LogP contribution in [0.15, 0.2) is 66.7 Å². The summed E-state index contributed by atoms with van der Waals surface area (Å²) in [6.45, 7) is -0.0261. The molecule has 2 aromatic carbocycles. The number of anilines is 1. The summed E-state index contributed by atoms with van der Waals surface area (Å²) in [5.74, 6) is -0.924. The first-order chi connectivity index (χ1) is 17.4. The Labute approximate surface area is 208 Å². The molecule has 2 aliphatic heterocycles. The van der Waals surface area contributed by atoms with Gasteiger partial charge >= 0.3 is 12.2 Å². The number of carboxylic acid groups (broad SMARTS) is 1. The van der Waals surface area contributed by atoms with Crippen LogP contribution in [0.25, 0.3) is 0 Å². The molecule has 36 heavy (non-hydrogen) atoms. The van der Waals surface area contributed by atoms with Gasteiger partial charge in [0.05, 0.1) is 12.6 Å². The molecule has 4 amide bonds.